The van der Waals surface area contributed by atoms with Gasteiger partial charge in [-0.3, -0.25) is 4.79 Å². The van der Waals surface area contributed by atoms with Gasteiger partial charge in [-0.05, 0) is 47.5 Å². The number of hydrogen-bond acceptors (Lipinski definition) is 7. The first-order valence-electron chi connectivity index (χ1n) is 9.95. The number of benzene rings is 2. The van der Waals surface area contributed by atoms with Crippen LogP contribution in [0.15, 0.2) is 75.5 Å². The smallest absolute Gasteiger partial charge is 0.274 e. The minimum absolute atomic E-state index is 0.113. The highest BCUT2D eigenvalue weighted by Crippen LogP contribution is 2.30. The molecule has 9 heteroatoms. The van der Waals surface area contributed by atoms with Crippen molar-refractivity contribution in [1.82, 2.24) is 14.8 Å². The van der Waals surface area contributed by atoms with Gasteiger partial charge in [-0.15, -0.1) is 0 Å². The minimum Gasteiger partial charge on any atom is -0.493 e. The summed E-state index contributed by atoms with van der Waals surface area (Å²) in [5, 5.41) is 5.08. The number of rotatable bonds is 5. The standard InChI is InChI=1S/C23H19N3O5S/c1-30-22-7-2-15(12-24-22)14-26-23(27)20-5-3-18(11-17(20)13-25-26)32(28,29)19-4-6-21-16(10-19)8-9-31-21/h2-7,10-13H,8-9,14H2,1H3. The van der Waals surface area contributed by atoms with Crippen LogP contribution in [-0.4, -0.2) is 36.9 Å². The SMILES string of the molecule is COc1ccc(Cn2ncc3cc(S(=O)(=O)c4ccc5c(c4)CCO5)ccc3c2=O)cn1. The van der Waals surface area contributed by atoms with Crippen molar-refractivity contribution in [2.45, 2.75) is 22.8 Å². The van der Waals surface area contributed by atoms with Crippen molar-refractivity contribution in [3.63, 3.8) is 0 Å². The summed E-state index contributed by atoms with van der Waals surface area (Å²) in [4.78, 5) is 17.4. The van der Waals surface area contributed by atoms with E-state index in [0.29, 0.717) is 29.7 Å². The van der Waals surface area contributed by atoms with Crippen LogP contribution in [0.5, 0.6) is 11.6 Å². The Morgan fingerprint density at radius 3 is 2.66 bits per heavy atom. The molecule has 5 rings (SSSR count). The molecule has 0 spiro atoms. The number of pyridine rings is 1. The fourth-order valence-corrected chi connectivity index (χ4v) is 5.06. The number of nitrogens with zero attached hydrogens (tertiary/aromatic N) is 3. The lowest BCUT2D eigenvalue weighted by molar-refractivity contribution is 0.356. The maximum Gasteiger partial charge on any atom is 0.274 e. The molecule has 0 bridgehead atoms. The Labute approximate surface area is 184 Å². The first-order chi connectivity index (χ1) is 15.5. The van der Waals surface area contributed by atoms with Gasteiger partial charge in [-0.25, -0.2) is 18.1 Å². The third-order valence-corrected chi connectivity index (χ3v) is 7.19. The van der Waals surface area contributed by atoms with Crippen LogP contribution in [0.4, 0.5) is 0 Å². The third-order valence-electron chi connectivity index (χ3n) is 5.44. The summed E-state index contributed by atoms with van der Waals surface area (Å²) in [5.74, 6) is 1.21. The van der Waals surface area contributed by atoms with Crippen molar-refractivity contribution < 1.29 is 17.9 Å². The zero-order chi connectivity index (χ0) is 22.3. The van der Waals surface area contributed by atoms with E-state index in [2.05, 4.69) is 10.1 Å². The van der Waals surface area contributed by atoms with Gasteiger partial charge in [0, 0.05) is 24.1 Å². The Morgan fingerprint density at radius 1 is 1.06 bits per heavy atom. The second kappa shape index (κ2) is 7.76. The molecule has 32 heavy (non-hydrogen) atoms. The van der Waals surface area contributed by atoms with E-state index in [1.54, 1.807) is 30.5 Å². The Kier molecular flexibility index (Phi) is 4.90. The molecule has 0 radical (unpaired) electrons. The number of methoxy groups -OCH3 is 1. The monoisotopic (exact) mass is 449 g/mol. The van der Waals surface area contributed by atoms with Crippen molar-refractivity contribution in [3.05, 3.63) is 82.4 Å². The summed E-state index contributed by atoms with van der Waals surface area (Å²) in [5.41, 5.74) is 1.36. The van der Waals surface area contributed by atoms with Crippen molar-refractivity contribution >= 4 is 20.6 Å². The van der Waals surface area contributed by atoms with Crippen LogP contribution in [0.2, 0.25) is 0 Å². The van der Waals surface area contributed by atoms with Gasteiger partial charge in [0.1, 0.15) is 5.75 Å². The molecule has 0 saturated carbocycles. The van der Waals surface area contributed by atoms with E-state index in [9.17, 15) is 13.2 Å². The van der Waals surface area contributed by atoms with E-state index in [4.69, 9.17) is 9.47 Å². The average molecular weight is 449 g/mol. The lowest BCUT2D eigenvalue weighted by atomic mass is 10.2. The van der Waals surface area contributed by atoms with Crippen molar-refractivity contribution in [2.75, 3.05) is 13.7 Å². The predicted octanol–water partition coefficient (Wildman–Crippen LogP) is 2.62. The summed E-state index contributed by atoms with van der Waals surface area (Å²) in [7, 11) is -2.21. The Hall–Kier alpha value is -3.72. The van der Waals surface area contributed by atoms with Crippen molar-refractivity contribution in [3.8, 4) is 11.6 Å². The molecule has 0 saturated heterocycles. The van der Waals surface area contributed by atoms with E-state index in [-0.39, 0.29) is 21.9 Å². The van der Waals surface area contributed by atoms with Gasteiger partial charge in [0.15, 0.2) is 0 Å². The van der Waals surface area contributed by atoms with Gasteiger partial charge in [0.25, 0.3) is 5.56 Å². The lowest BCUT2D eigenvalue weighted by Gasteiger charge is -2.09. The van der Waals surface area contributed by atoms with Crippen LogP contribution >= 0.6 is 0 Å². The predicted molar refractivity (Wildman–Crippen MR) is 117 cm³/mol. The molecule has 4 aromatic rings. The highest BCUT2D eigenvalue weighted by molar-refractivity contribution is 7.91. The summed E-state index contributed by atoms with van der Waals surface area (Å²) < 4.78 is 38.1. The summed E-state index contributed by atoms with van der Waals surface area (Å²) in [6.45, 7) is 0.794. The van der Waals surface area contributed by atoms with E-state index in [1.165, 1.54) is 36.2 Å². The summed E-state index contributed by atoms with van der Waals surface area (Å²) in [6, 6.07) is 12.9. The molecule has 0 N–H and O–H groups in total. The first-order valence-corrected chi connectivity index (χ1v) is 11.4. The highest BCUT2D eigenvalue weighted by Gasteiger charge is 2.22. The number of fused-ring (bicyclic) bond motifs is 2. The third kappa shape index (κ3) is 3.50. The van der Waals surface area contributed by atoms with E-state index < -0.39 is 9.84 Å². The molecule has 2 aromatic heterocycles. The maximum atomic E-state index is 13.2. The normalized spacial score (nSPS) is 13.0. The van der Waals surface area contributed by atoms with Crippen LogP contribution in [0.1, 0.15) is 11.1 Å². The van der Waals surface area contributed by atoms with Gasteiger partial charge in [0.2, 0.25) is 15.7 Å². The highest BCUT2D eigenvalue weighted by atomic mass is 32.2. The topological polar surface area (TPSA) is 100 Å². The van der Waals surface area contributed by atoms with Crippen LogP contribution in [0, 0.1) is 0 Å². The molecule has 0 fully saturated rings. The summed E-state index contributed by atoms with van der Waals surface area (Å²) >= 11 is 0. The Balaban J connectivity index is 1.49. The molecule has 3 heterocycles. The average Bonchev–Trinajstić information content (AvgIpc) is 3.29. The molecule has 1 aliphatic rings. The Morgan fingerprint density at radius 2 is 1.88 bits per heavy atom. The van der Waals surface area contributed by atoms with E-state index in [1.807, 2.05) is 6.07 Å². The fourth-order valence-electron chi connectivity index (χ4n) is 3.71. The largest absolute Gasteiger partial charge is 0.493 e. The first kappa shape index (κ1) is 20.2. The van der Waals surface area contributed by atoms with Crippen molar-refractivity contribution in [1.29, 1.82) is 0 Å². The van der Waals surface area contributed by atoms with Gasteiger partial charge in [0.05, 0.1) is 41.6 Å². The zero-order valence-corrected chi connectivity index (χ0v) is 18.0. The van der Waals surface area contributed by atoms with Gasteiger partial charge < -0.3 is 9.47 Å². The molecule has 2 aromatic carbocycles. The van der Waals surface area contributed by atoms with Gasteiger partial charge >= 0.3 is 0 Å². The van der Waals surface area contributed by atoms with Crippen molar-refractivity contribution in [2.24, 2.45) is 0 Å². The second-order valence-electron chi connectivity index (χ2n) is 7.44. The number of aromatic nitrogens is 3. The molecule has 0 aliphatic carbocycles. The second-order valence-corrected chi connectivity index (χ2v) is 9.39. The van der Waals surface area contributed by atoms with Crippen LogP contribution in [0.25, 0.3) is 10.8 Å². The fraction of sp³-hybridized carbons (Fsp3) is 0.174. The molecule has 0 unspecified atom stereocenters. The summed E-state index contributed by atoms with van der Waals surface area (Å²) in [6.07, 6.45) is 3.81. The minimum atomic E-state index is -3.74. The number of sulfone groups is 1. The van der Waals surface area contributed by atoms with Crippen LogP contribution < -0.4 is 15.0 Å². The molecule has 1 aliphatic heterocycles. The van der Waals surface area contributed by atoms with Crippen LogP contribution in [-0.2, 0) is 22.8 Å². The molecule has 162 valence electrons. The lowest BCUT2D eigenvalue weighted by Crippen LogP contribution is -2.23. The quantitative estimate of drug-likeness (QED) is 0.462. The van der Waals surface area contributed by atoms with E-state index in [0.717, 1.165) is 16.9 Å². The maximum absolute atomic E-state index is 13.2. The zero-order valence-electron chi connectivity index (χ0n) is 17.2. The van der Waals surface area contributed by atoms with E-state index >= 15 is 0 Å². The number of hydrogen-bond donors (Lipinski definition) is 0. The molecule has 0 atom stereocenters. The molecular formula is C23H19N3O5S. The van der Waals surface area contributed by atoms with Gasteiger partial charge in [-0.1, -0.05) is 6.07 Å². The Bertz CT molecular complexity index is 1490. The molecule has 0 amide bonds. The van der Waals surface area contributed by atoms with Crippen LogP contribution in [0.3, 0.4) is 0 Å². The number of ether oxygens (including phenoxy) is 2. The molecule has 8 nitrogen and oxygen atoms in total. The molecular weight excluding hydrogens is 430 g/mol. The van der Waals surface area contributed by atoms with Gasteiger partial charge in [-0.2, -0.15) is 5.10 Å².